The van der Waals surface area contributed by atoms with Crippen molar-refractivity contribution in [3.05, 3.63) is 69.7 Å². The van der Waals surface area contributed by atoms with E-state index in [1.54, 1.807) is 0 Å². The normalized spacial score (nSPS) is 20.7. The predicted molar refractivity (Wildman–Crippen MR) is 120 cm³/mol. The van der Waals surface area contributed by atoms with Crippen LogP contribution in [0, 0.1) is 5.92 Å². The van der Waals surface area contributed by atoms with Crippen molar-refractivity contribution in [1.82, 2.24) is 5.32 Å². The average molecular weight is 434 g/mol. The van der Waals surface area contributed by atoms with E-state index in [0.29, 0.717) is 11.6 Å². The van der Waals surface area contributed by atoms with Crippen LogP contribution in [0.2, 0.25) is 10.0 Å². The van der Waals surface area contributed by atoms with Crippen LogP contribution in [0.25, 0.3) is 0 Å². The molecular weight excluding hydrogens is 405 g/mol. The molecular formula is C24H29Cl2NO2. The summed E-state index contributed by atoms with van der Waals surface area (Å²) in [6, 6.07) is 15.8. The zero-order chi connectivity index (χ0) is 21.0. The highest BCUT2D eigenvalue weighted by molar-refractivity contribution is 6.30. The summed E-state index contributed by atoms with van der Waals surface area (Å²) in [6.07, 6.45) is 2.32. The Labute approximate surface area is 183 Å². The quantitative estimate of drug-likeness (QED) is 0.603. The van der Waals surface area contributed by atoms with Gasteiger partial charge in [-0.05, 0) is 75.4 Å². The first kappa shape index (κ1) is 22.1. The summed E-state index contributed by atoms with van der Waals surface area (Å²) in [5, 5.41) is 4.71. The maximum Gasteiger partial charge on any atom is 0.223 e. The lowest BCUT2D eigenvalue weighted by atomic mass is 9.84. The molecule has 2 aromatic rings. The summed E-state index contributed by atoms with van der Waals surface area (Å²) in [5.41, 5.74) is 2.09. The van der Waals surface area contributed by atoms with E-state index in [1.807, 2.05) is 62.4 Å². The molecule has 1 N–H and O–H groups in total. The molecule has 29 heavy (non-hydrogen) atoms. The molecule has 0 radical (unpaired) electrons. The molecule has 156 valence electrons. The second kappa shape index (κ2) is 9.51. The van der Waals surface area contributed by atoms with E-state index in [2.05, 4.69) is 12.2 Å². The van der Waals surface area contributed by atoms with Crippen LogP contribution < -0.4 is 5.32 Å². The van der Waals surface area contributed by atoms with Crippen LogP contribution in [0.1, 0.15) is 50.7 Å². The third-order valence-electron chi connectivity index (χ3n) is 5.71. The SMILES string of the molecule is C[C@@H](NC(=O)C1CCOC(C)(C)C1)[C@H](Cc1ccc(Cl)cc1)c1ccc(Cl)cc1. The van der Waals surface area contributed by atoms with Gasteiger partial charge in [-0.2, -0.15) is 0 Å². The first-order valence-electron chi connectivity index (χ1n) is 10.2. The lowest BCUT2D eigenvalue weighted by Crippen LogP contribution is -2.45. The van der Waals surface area contributed by atoms with E-state index in [-0.39, 0.29) is 29.4 Å². The zero-order valence-corrected chi connectivity index (χ0v) is 18.8. The fourth-order valence-electron chi connectivity index (χ4n) is 4.07. The number of halogens is 2. The van der Waals surface area contributed by atoms with Gasteiger partial charge in [0.05, 0.1) is 5.60 Å². The van der Waals surface area contributed by atoms with E-state index in [1.165, 1.54) is 5.56 Å². The summed E-state index contributed by atoms with van der Waals surface area (Å²) < 4.78 is 5.76. The van der Waals surface area contributed by atoms with Crippen molar-refractivity contribution in [3.8, 4) is 0 Å². The third kappa shape index (κ3) is 6.21. The van der Waals surface area contributed by atoms with Crippen molar-refractivity contribution in [2.75, 3.05) is 6.61 Å². The Bertz CT molecular complexity index is 818. The van der Waals surface area contributed by atoms with Gasteiger partial charge in [-0.25, -0.2) is 0 Å². The highest BCUT2D eigenvalue weighted by atomic mass is 35.5. The Balaban J connectivity index is 1.76. The number of nitrogens with one attached hydrogen (secondary N) is 1. The first-order chi connectivity index (χ1) is 13.7. The van der Waals surface area contributed by atoms with E-state index in [0.717, 1.165) is 29.8 Å². The molecule has 1 unspecified atom stereocenters. The smallest absolute Gasteiger partial charge is 0.223 e. The molecule has 1 amide bonds. The van der Waals surface area contributed by atoms with Gasteiger partial charge in [0.1, 0.15) is 0 Å². The highest BCUT2D eigenvalue weighted by Crippen LogP contribution is 2.30. The molecule has 1 fully saturated rings. The third-order valence-corrected chi connectivity index (χ3v) is 6.21. The summed E-state index contributed by atoms with van der Waals surface area (Å²) >= 11 is 12.1. The molecule has 0 bridgehead atoms. The van der Waals surface area contributed by atoms with Crippen LogP contribution in [-0.2, 0) is 16.0 Å². The Morgan fingerprint density at radius 1 is 1.10 bits per heavy atom. The number of rotatable bonds is 6. The number of ether oxygens (including phenoxy) is 1. The largest absolute Gasteiger partial charge is 0.376 e. The first-order valence-corrected chi connectivity index (χ1v) is 10.9. The highest BCUT2D eigenvalue weighted by Gasteiger charge is 2.34. The molecule has 0 spiro atoms. The van der Waals surface area contributed by atoms with Crippen molar-refractivity contribution < 1.29 is 9.53 Å². The van der Waals surface area contributed by atoms with Gasteiger partial charge in [-0.3, -0.25) is 4.79 Å². The Morgan fingerprint density at radius 3 is 2.28 bits per heavy atom. The zero-order valence-electron chi connectivity index (χ0n) is 17.3. The van der Waals surface area contributed by atoms with Gasteiger partial charge < -0.3 is 10.1 Å². The van der Waals surface area contributed by atoms with E-state index < -0.39 is 0 Å². The lowest BCUT2D eigenvalue weighted by Gasteiger charge is -2.36. The summed E-state index contributed by atoms with van der Waals surface area (Å²) in [4.78, 5) is 13.0. The predicted octanol–water partition coefficient (Wildman–Crippen LogP) is 6.03. The maximum atomic E-state index is 13.0. The van der Waals surface area contributed by atoms with Crippen molar-refractivity contribution in [1.29, 1.82) is 0 Å². The minimum atomic E-state index is -0.248. The molecule has 3 nitrogen and oxygen atoms in total. The molecule has 1 saturated heterocycles. The van der Waals surface area contributed by atoms with Crippen molar-refractivity contribution in [2.45, 2.75) is 57.6 Å². The van der Waals surface area contributed by atoms with Crippen LogP contribution in [0.3, 0.4) is 0 Å². The Morgan fingerprint density at radius 2 is 1.69 bits per heavy atom. The summed E-state index contributed by atoms with van der Waals surface area (Å²) in [7, 11) is 0. The van der Waals surface area contributed by atoms with E-state index in [9.17, 15) is 4.79 Å². The minimum Gasteiger partial charge on any atom is -0.376 e. The second-order valence-electron chi connectivity index (χ2n) is 8.58. The summed E-state index contributed by atoms with van der Waals surface area (Å²) in [6.45, 7) is 6.81. The lowest BCUT2D eigenvalue weighted by molar-refractivity contribution is -0.135. The molecule has 3 rings (SSSR count). The number of benzene rings is 2. The van der Waals surface area contributed by atoms with Gasteiger partial charge in [0.25, 0.3) is 0 Å². The molecule has 1 aliphatic rings. The number of hydrogen-bond acceptors (Lipinski definition) is 2. The molecule has 0 aliphatic carbocycles. The van der Waals surface area contributed by atoms with Gasteiger partial charge in [0, 0.05) is 34.5 Å². The van der Waals surface area contributed by atoms with Gasteiger partial charge >= 0.3 is 0 Å². The van der Waals surface area contributed by atoms with Gasteiger partial charge in [-0.1, -0.05) is 47.5 Å². The van der Waals surface area contributed by atoms with Crippen LogP contribution in [-0.4, -0.2) is 24.2 Å². The van der Waals surface area contributed by atoms with Gasteiger partial charge in [-0.15, -0.1) is 0 Å². The fraction of sp³-hybridized carbons (Fsp3) is 0.458. The minimum absolute atomic E-state index is 0.0115. The Kier molecular flexibility index (Phi) is 7.26. The topological polar surface area (TPSA) is 38.3 Å². The molecule has 1 aliphatic heterocycles. The van der Waals surface area contributed by atoms with Gasteiger partial charge in [0.15, 0.2) is 0 Å². The van der Waals surface area contributed by atoms with Crippen LogP contribution in [0.15, 0.2) is 48.5 Å². The maximum absolute atomic E-state index is 13.0. The molecule has 1 heterocycles. The molecule has 3 atom stereocenters. The Hall–Kier alpha value is -1.55. The van der Waals surface area contributed by atoms with E-state index >= 15 is 0 Å². The second-order valence-corrected chi connectivity index (χ2v) is 9.46. The van der Waals surface area contributed by atoms with Gasteiger partial charge in [0.2, 0.25) is 5.91 Å². The van der Waals surface area contributed by atoms with Crippen LogP contribution >= 0.6 is 23.2 Å². The molecule has 0 aromatic heterocycles. The molecule has 0 saturated carbocycles. The van der Waals surface area contributed by atoms with Crippen LogP contribution in [0.5, 0.6) is 0 Å². The number of amides is 1. The van der Waals surface area contributed by atoms with Crippen molar-refractivity contribution in [2.24, 2.45) is 5.92 Å². The number of hydrogen-bond donors (Lipinski definition) is 1. The molecule has 2 aromatic carbocycles. The van der Waals surface area contributed by atoms with Crippen molar-refractivity contribution in [3.63, 3.8) is 0 Å². The number of carbonyl (C=O) groups is 1. The average Bonchev–Trinajstić information content (AvgIpc) is 2.67. The summed E-state index contributed by atoms with van der Waals surface area (Å²) in [5.74, 6) is 0.233. The number of carbonyl (C=O) groups excluding carboxylic acids is 1. The molecule has 5 heteroatoms. The standard InChI is InChI=1S/C24H29Cl2NO2/c1-16(27-23(28)19-12-13-29-24(2,3)15-19)22(18-6-10-21(26)11-7-18)14-17-4-8-20(25)9-5-17/h4-11,16,19,22H,12-15H2,1-3H3,(H,27,28)/t16-,19?,22+/m1/s1. The fourth-order valence-corrected chi connectivity index (χ4v) is 4.32. The van der Waals surface area contributed by atoms with E-state index in [4.69, 9.17) is 27.9 Å². The van der Waals surface area contributed by atoms with Crippen LogP contribution in [0.4, 0.5) is 0 Å². The van der Waals surface area contributed by atoms with Crippen molar-refractivity contribution >= 4 is 29.1 Å². The monoisotopic (exact) mass is 433 g/mol.